The van der Waals surface area contributed by atoms with Crippen molar-refractivity contribution in [3.63, 3.8) is 0 Å². The van der Waals surface area contributed by atoms with E-state index in [0.717, 1.165) is 24.5 Å². The number of benzene rings is 1. The van der Waals surface area contributed by atoms with Crippen LogP contribution in [0.5, 0.6) is 0 Å². The van der Waals surface area contributed by atoms with Crippen LogP contribution in [0, 0.1) is 5.41 Å². The number of hydrogen-bond acceptors (Lipinski definition) is 2. The standard InChI is InChI=1S/C15H23ClN2/c1-11(17)8-12-4-5-13(16)9-14(12)18-7-6-15(2,3)10-18/h4-5,9,11H,6-8,10,17H2,1-3H3. The Kier molecular flexibility index (Phi) is 3.88. The molecule has 3 heteroatoms. The van der Waals surface area contributed by atoms with Gasteiger partial charge in [-0.2, -0.15) is 0 Å². The lowest BCUT2D eigenvalue weighted by Gasteiger charge is -2.25. The number of anilines is 1. The lowest BCUT2D eigenvalue weighted by molar-refractivity contribution is 0.418. The van der Waals surface area contributed by atoms with Crippen LogP contribution in [0.25, 0.3) is 0 Å². The summed E-state index contributed by atoms with van der Waals surface area (Å²) < 4.78 is 0. The zero-order valence-corrected chi connectivity index (χ0v) is 12.3. The zero-order chi connectivity index (χ0) is 13.3. The topological polar surface area (TPSA) is 29.3 Å². The largest absolute Gasteiger partial charge is 0.371 e. The molecule has 18 heavy (non-hydrogen) atoms. The molecular formula is C15H23ClN2. The van der Waals surface area contributed by atoms with E-state index >= 15 is 0 Å². The van der Waals surface area contributed by atoms with Gasteiger partial charge in [0.05, 0.1) is 0 Å². The van der Waals surface area contributed by atoms with Crippen LogP contribution < -0.4 is 10.6 Å². The highest BCUT2D eigenvalue weighted by Gasteiger charge is 2.30. The molecule has 0 amide bonds. The summed E-state index contributed by atoms with van der Waals surface area (Å²) in [6, 6.07) is 6.34. The first-order valence-electron chi connectivity index (χ1n) is 6.66. The molecule has 1 atom stereocenters. The Morgan fingerprint density at radius 2 is 2.17 bits per heavy atom. The molecule has 2 N–H and O–H groups in total. The van der Waals surface area contributed by atoms with E-state index in [0.29, 0.717) is 5.41 Å². The van der Waals surface area contributed by atoms with Crippen molar-refractivity contribution in [3.05, 3.63) is 28.8 Å². The highest BCUT2D eigenvalue weighted by molar-refractivity contribution is 6.30. The van der Waals surface area contributed by atoms with Crippen LogP contribution in [-0.2, 0) is 6.42 Å². The Bertz CT molecular complexity index is 427. The maximum atomic E-state index is 6.14. The van der Waals surface area contributed by atoms with Gasteiger partial charge >= 0.3 is 0 Å². The Morgan fingerprint density at radius 1 is 1.44 bits per heavy atom. The second-order valence-corrected chi connectivity index (χ2v) is 6.73. The van der Waals surface area contributed by atoms with Crippen molar-refractivity contribution in [2.24, 2.45) is 11.1 Å². The van der Waals surface area contributed by atoms with Gasteiger partial charge in [0, 0.05) is 29.8 Å². The summed E-state index contributed by atoms with van der Waals surface area (Å²) in [7, 11) is 0. The molecule has 0 aromatic heterocycles. The van der Waals surface area contributed by atoms with Crippen LogP contribution in [0.1, 0.15) is 32.8 Å². The van der Waals surface area contributed by atoms with Crippen molar-refractivity contribution >= 4 is 17.3 Å². The van der Waals surface area contributed by atoms with Crippen molar-refractivity contribution in [1.29, 1.82) is 0 Å². The fourth-order valence-corrected chi connectivity index (χ4v) is 2.84. The predicted molar refractivity (Wildman–Crippen MR) is 79.4 cm³/mol. The second-order valence-electron chi connectivity index (χ2n) is 6.29. The average Bonchev–Trinajstić information content (AvgIpc) is 2.61. The molecule has 0 spiro atoms. The molecule has 2 rings (SSSR count). The lowest BCUT2D eigenvalue weighted by atomic mass is 9.93. The first kappa shape index (κ1) is 13.7. The van der Waals surface area contributed by atoms with Crippen LogP contribution in [0.3, 0.4) is 0 Å². The van der Waals surface area contributed by atoms with E-state index in [9.17, 15) is 0 Å². The Hall–Kier alpha value is -0.730. The molecule has 1 aliphatic rings. The molecule has 1 aromatic carbocycles. The van der Waals surface area contributed by atoms with Crippen LogP contribution in [0.2, 0.25) is 5.02 Å². The van der Waals surface area contributed by atoms with Crippen molar-refractivity contribution in [1.82, 2.24) is 0 Å². The minimum atomic E-state index is 0.181. The number of nitrogens with two attached hydrogens (primary N) is 1. The SMILES string of the molecule is CC(N)Cc1ccc(Cl)cc1N1CCC(C)(C)C1. The fourth-order valence-electron chi connectivity index (χ4n) is 2.67. The smallest absolute Gasteiger partial charge is 0.0426 e. The van der Waals surface area contributed by atoms with Crippen LogP contribution in [0.4, 0.5) is 5.69 Å². The third-order valence-corrected chi connectivity index (χ3v) is 3.84. The minimum absolute atomic E-state index is 0.181. The molecule has 1 saturated heterocycles. The minimum Gasteiger partial charge on any atom is -0.371 e. The third kappa shape index (κ3) is 3.18. The van der Waals surface area contributed by atoms with E-state index in [1.54, 1.807) is 0 Å². The van der Waals surface area contributed by atoms with Crippen molar-refractivity contribution in [3.8, 4) is 0 Å². The summed E-state index contributed by atoms with van der Waals surface area (Å²) in [5, 5.41) is 0.808. The maximum absolute atomic E-state index is 6.14. The normalized spacial score (nSPS) is 20.2. The van der Waals surface area contributed by atoms with Gasteiger partial charge in [0.1, 0.15) is 0 Å². The molecule has 1 aliphatic heterocycles. The van der Waals surface area contributed by atoms with Crippen LogP contribution >= 0.6 is 11.6 Å². The van der Waals surface area contributed by atoms with E-state index in [1.165, 1.54) is 17.7 Å². The molecule has 1 heterocycles. The summed E-state index contributed by atoms with van der Waals surface area (Å²) in [6.07, 6.45) is 2.14. The van der Waals surface area contributed by atoms with Gasteiger partial charge < -0.3 is 10.6 Å². The fraction of sp³-hybridized carbons (Fsp3) is 0.600. The molecule has 1 fully saturated rings. The predicted octanol–water partition coefficient (Wildman–Crippen LogP) is 3.47. The van der Waals surface area contributed by atoms with Gasteiger partial charge in [-0.1, -0.05) is 31.5 Å². The first-order valence-corrected chi connectivity index (χ1v) is 7.04. The highest BCUT2D eigenvalue weighted by atomic mass is 35.5. The monoisotopic (exact) mass is 266 g/mol. The number of hydrogen-bond donors (Lipinski definition) is 1. The molecule has 0 bridgehead atoms. The van der Waals surface area contributed by atoms with Gasteiger partial charge in [-0.05, 0) is 42.9 Å². The van der Waals surface area contributed by atoms with Gasteiger partial charge in [0.2, 0.25) is 0 Å². The molecule has 0 aliphatic carbocycles. The van der Waals surface area contributed by atoms with Crippen molar-refractivity contribution in [2.75, 3.05) is 18.0 Å². The van der Waals surface area contributed by atoms with Crippen molar-refractivity contribution < 1.29 is 0 Å². The van der Waals surface area contributed by atoms with Crippen LogP contribution in [-0.4, -0.2) is 19.1 Å². The molecule has 2 nitrogen and oxygen atoms in total. The van der Waals surface area contributed by atoms with Gasteiger partial charge in [-0.15, -0.1) is 0 Å². The Balaban J connectivity index is 2.28. The maximum Gasteiger partial charge on any atom is 0.0426 e. The number of halogens is 1. The van der Waals surface area contributed by atoms with Crippen LogP contribution in [0.15, 0.2) is 18.2 Å². The summed E-state index contributed by atoms with van der Waals surface area (Å²) in [5.41, 5.74) is 8.91. The highest BCUT2D eigenvalue weighted by Crippen LogP contribution is 2.35. The first-order chi connectivity index (χ1) is 8.37. The van der Waals surface area contributed by atoms with Gasteiger partial charge in [-0.25, -0.2) is 0 Å². The lowest BCUT2D eigenvalue weighted by Crippen LogP contribution is -2.25. The van der Waals surface area contributed by atoms with E-state index in [-0.39, 0.29) is 6.04 Å². The Morgan fingerprint density at radius 3 is 2.72 bits per heavy atom. The van der Waals surface area contributed by atoms with E-state index in [2.05, 4.69) is 30.9 Å². The molecule has 1 aromatic rings. The molecule has 0 radical (unpaired) electrons. The zero-order valence-electron chi connectivity index (χ0n) is 11.5. The van der Waals surface area contributed by atoms with E-state index < -0.39 is 0 Å². The molecule has 100 valence electrons. The summed E-state index contributed by atoms with van der Waals surface area (Å²) in [4.78, 5) is 2.45. The van der Waals surface area contributed by atoms with Crippen molar-refractivity contribution in [2.45, 2.75) is 39.7 Å². The van der Waals surface area contributed by atoms with E-state index in [1.807, 2.05) is 13.0 Å². The third-order valence-electron chi connectivity index (χ3n) is 3.61. The van der Waals surface area contributed by atoms with E-state index in [4.69, 9.17) is 17.3 Å². The average molecular weight is 267 g/mol. The van der Waals surface area contributed by atoms with Gasteiger partial charge in [0.25, 0.3) is 0 Å². The summed E-state index contributed by atoms with van der Waals surface area (Å²) in [6.45, 7) is 8.90. The molecule has 1 unspecified atom stereocenters. The van der Waals surface area contributed by atoms with Gasteiger partial charge in [0.15, 0.2) is 0 Å². The Labute approximate surface area is 115 Å². The second kappa shape index (κ2) is 5.10. The summed E-state index contributed by atoms with van der Waals surface area (Å²) in [5.74, 6) is 0. The molecule has 0 saturated carbocycles. The molecular weight excluding hydrogens is 244 g/mol. The number of rotatable bonds is 3. The number of nitrogens with zero attached hydrogens (tertiary/aromatic N) is 1. The quantitative estimate of drug-likeness (QED) is 0.908. The van der Waals surface area contributed by atoms with Gasteiger partial charge in [-0.3, -0.25) is 0 Å². The summed E-state index contributed by atoms with van der Waals surface area (Å²) >= 11 is 6.14.